The fourth-order valence-electron chi connectivity index (χ4n) is 2.60. The van der Waals surface area contributed by atoms with Crippen molar-refractivity contribution < 1.29 is 0 Å². The van der Waals surface area contributed by atoms with Crippen LogP contribution in [0.5, 0.6) is 0 Å². The molecule has 1 atom stereocenters. The van der Waals surface area contributed by atoms with Crippen molar-refractivity contribution in [3.8, 4) is 0 Å². The second kappa shape index (κ2) is 5.45. The van der Waals surface area contributed by atoms with Crippen LogP contribution in [-0.2, 0) is 13.6 Å². The van der Waals surface area contributed by atoms with Crippen molar-refractivity contribution in [2.75, 3.05) is 18.0 Å². The van der Waals surface area contributed by atoms with Gasteiger partial charge in [0, 0.05) is 44.6 Å². The maximum Gasteiger partial charge on any atom is 0.0945 e. The Morgan fingerprint density at radius 3 is 2.89 bits per heavy atom. The highest BCUT2D eigenvalue weighted by Gasteiger charge is 2.22. The lowest BCUT2D eigenvalue weighted by molar-refractivity contribution is 0.538. The first kappa shape index (κ1) is 12.2. The molecule has 1 unspecified atom stereocenters. The summed E-state index contributed by atoms with van der Waals surface area (Å²) in [5, 5.41) is 3.62. The summed E-state index contributed by atoms with van der Waals surface area (Å²) < 4.78 is 2.07. The Morgan fingerprint density at radius 2 is 2.16 bits per heavy atom. The number of anilines is 1. The molecule has 1 aliphatic heterocycles. The van der Waals surface area contributed by atoms with Gasteiger partial charge in [-0.25, -0.2) is 4.98 Å². The Bertz CT molecular complexity index is 520. The summed E-state index contributed by atoms with van der Waals surface area (Å²) in [5.41, 5.74) is 2.56. The number of aryl methyl sites for hydroxylation is 1. The van der Waals surface area contributed by atoms with E-state index in [4.69, 9.17) is 0 Å². The molecule has 2 heterocycles. The van der Waals surface area contributed by atoms with Gasteiger partial charge < -0.3 is 14.8 Å². The summed E-state index contributed by atoms with van der Waals surface area (Å²) in [5.74, 6) is 0. The number of rotatable bonds is 4. The van der Waals surface area contributed by atoms with E-state index >= 15 is 0 Å². The molecule has 4 nitrogen and oxygen atoms in total. The van der Waals surface area contributed by atoms with Crippen molar-refractivity contribution in [3.63, 3.8) is 0 Å². The molecule has 0 saturated carbocycles. The summed E-state index contributed by atoms with van der Waals surface area (Å²) in [6, 6.07) is 11.2. The highest BCUT2D eigenvalue weighted by Crippen LogP contribution is 2.19. The van der Waals surface area contributed by atoms with Gasteiger partial charge in [-0.05, 0) is 18.6 Å². The normalized spacial score (nSPS) is 19.0. The van der Waals surface area contributed by atoms with E-state index in [1.807, 2.05) is 19.6 Å². The Morgan fingerprint density at radius 1 is 1.32 bits per heavy atom. The van der Waals surface area contributed by atoms with Crippen LogP contribution in [0.3, 0.4) is 0 Å². The monoisotopic (exact) mass is 256 g/mol. The molecule has 1 saturated heterocycles. The number of nitrogens with zero attached hydrogens (tertiary/aromatic N) is 3. The molecule has 0 aliphatic carbocycles. The quantitative estimate of drug-likeness (QED) is 0.905. The molecule has 2 aromatic rings. The van der Waals surface area contributed by atoms with Gasteiger partial charge in [0.25, 0.3) is 0 Å². The van der Waals surface area contributed by atoms with E-state index < -0.39 is 0 Å². The molecular formula is C15H20N4. The molecule has 1 aromatic carbocycles. The maximum absolute atomic E-state index is 4.14. The third-order valence-corrected chi connectivity index (χ3v) is 3.80. The van der Waals surface area contributed by atoms with Gasteiger partial charge in [-0.15, -0.1) is 0 Å². The highest BCUT2D eigenvalue weighted by atomic mass is 15.2. The van der Waals surface area contributed by atoms with Gasteiger partial charge in [0.05, 0.1) is 12.0 Å². The highest BCUT2D eigenvalue weighted by molar-refractivity contribution is 5.47. The second-order valence-electron chi connectivity index (χ2n) is 5.14. The topological polar surface area (TPSA) is 33.1 Å². The van der Waals surface area contributed by atoms with Crippen LogP contribution in [0.2, 0.25) is 0 Å². The minimum Gasteiger partial charge on any atom is -0.370 e. The summed E-state index contributed by atoms with van der Waals surface area (Å²) in [4.78, 5) is 6.59. The standard InChI is InChI=1S/C15H20N4/c1-18-12-16-9-15(18)10-17-13-7-8-19(11-13)14-5-3-2-4-6-14/h2-6,9,12-13,17H,7-8,10-11H2,1H3. The van der Waals surface area contributed by atoms with Gasteiger partial charge in [-0.3, -0.25) is 0 Å². The number of nitrogens with one attached hydrogen (secondary N) is 1. The second-order valence-corrected chi connectivity index (χ2v) is 5.14. The van der Waals surface area contributed by atoms with Crippen LogP contribution in [0.15, 0.2) is 42.9 Å². The maximum atomic E-state index is 4.14. The van der Waals surface area contributed by atoms with E-state index in [9.17, 15) is 0 Å². The summed E-state index contributed by atoms with van der Waals surface area (Å²) in [6.45, 7) is 3.11. The largest absolute Gasteiger partial charge is 0.370 e. The Balaban J connectivity index is 1.54. The zero-order valence-corrected chi connectivity index (χ0v) is 11.3. The molecule has 1 N–H and O–H groups in total. The van der Waals surface area contributed by atoms with E-state index in [0.717, 1.165) is 19.6 Å². The number of aromatic nitrogens is 2. The van der Waals surface area contributed by atoms with Gasteiger partial charge in [0.2, 0.25) is 0 Å². The van der Waals surface area contributed by atoms with Gasteiger partial charge in [-0.1, -0.05) is 18.2 Å². The van der Waals surface area contributed by atoms with E-state index in [1.165, 1.54) is 17.8 Å². The minimum atomic E-state index is 0.565. The van der Waals surface area contributed by atoms with E-state index in [-0.39, 0.29) is 0 Å². The number of benzene rings is 1. The zero-order chi connectivity index (χ0) is 13.1. The summed E-state index contributed by atoms with van der Waals surface area (Å²) in [7, 11) is 2.04. The zero-order valence-electron chi connectivity index (χ0n) is 11.3. The van der Waals surface area contributed by atoms with Crippen molar-refractivity contribution in [1.29, 1.82) is 0 Å². The molecule has 1 fully saturated rings. The predicted octanol–water partition coefficient (Wildman–Crippen LogP) is 1.79. The minimum absolute atomic E-state index is 0.565. The average Bonchev–Trinajstić information content (AvgIpc) is 3.06. The van der Waals surface area contributed by atoms with Crippen LogP contribution in [0.4, 0.5) is 5.69 Å². The predicted molar refractivity (Wildman–Crippen MR) is 77.1 cm³/mol. The number of imidazole rings is 1. The van der Waals surface area contributed by atoms with Crippen LogP contribution >= 0.6 is 0 Å². The molecule has 19 heavy (non-hydrogen) atoms. The lowest BCUT2D eigenvalue weighted by Gasteiger charge is -2.19. The van der Waals surface area contributed by atoms with Gasteiger partial charge in [0.1, 0.15) is 0 Å². The third kappa shape index (κ3) is 2.79. The smallest absolute Gasteiger partial charge is 0.0945 e. The molecule has 0 amide bonds. The third-order valence-electron chi connectivity index (χ3n) is 3.80. The molecular weight excluding hydrogens is 236 g/mol. The molecule has 1 aromatic heterocycles. The first-order valence-corrected chi connectivity index (χ1v) is 6.81. The van der Waals surface area contributed by atoms with Crippen molar-refractivity contribution in [2.45, 2.75) is 19.0 Å². The van der Waals surface area contributed by atoms with Crippen LogP contribution in [0.1, 0.15) is 12.1 Å². The Labute approximate surface area is 114 Å². The van der Waals surface area contributed by atoms with Crippen molar-refractivity contribution in [3.05, 3.63) is 48.5 Å². The van der Waals surface area contributed by atoms with Gasteiger partial charge >= 0.3 is 0 Å². The molecule has 4 heteroatoms. The number of para-hydroxylation sites is 1. The van der Waals surface area contributed by atoms with Crippen molar-refractivity contribution >= 4 is 5.69 Å². The van der Waals surface area contributed by atoms with Gasteiger partial charge in [0.15, 0.2) is 0 Å². The Hall–Kier alpha value is -1.81. The molecule has 3 rings (SSSR count). The molecule has 0 radical (unpaired) electrons. The van der Waals surface area contributed by atoms with Crippen LogP contribution in [-0.4, -0.2) is 28.7 Å². The first-order valence-electron chi connectivity index (χ1n) is 6.81. The van der Waals surface area contributed by atoms with Crippen molar-refractivity contribution in [2.24, 2.45) is 7.05 Å². The Kier molecular flexibility index (Phi) is 3.51. The fourth-order valence-corrected chi connectivity index (χ4v) is 2.60. The SMILES string of the molecule is Cn1cncc1CNC1CCN(c2ccccc2)C1. The van der Waals surface area contributed by atoms with Crippen LogP contribution in [0, 0.1) is 0 Å². The van der Waals surface area contributed by atoms with Crippen LogP contribution in [0.25, 0.3) is 0 Å². The molecule has 0 bridgehead atoms. The number of hydrogen-bond acceptors (Lipinski definition) is 3. The number of hydrogen-bond donors (Lipinski definition) is 1. The van der Waals surface area contributed by atoms with E-state index in [0.29, 0.717) is 6.04 Å². The van der Waals surface area contributed by atoms with E-state index in [2.05, 4.69) is 50.1 Å². The van der Waals surface area contributed by atoms with E-state index in [1.54, 1.807) is 0 Å². The molecule has 1 aliphatic rings. The van der Waals surface area contributed by atoms with Crippen LogP contribution < -0.4 is 10.2 Å². The lowest BCUT2D eigenvalue weighted by Crippen LogP contribution is -2.32. The summed E-state index contributed by atoms with van der Waals surface area (Å²) >= 11 is 0. The lowest BCUT2D eigenvalue weighted by atomic mass is 10.2. The molecule has 100 valence electrons. The van der Waals surface area contributed by atoms with Gasteiger partial charge in [-0.2, -0.15) is 0 Å². The summed E-state index contributed by atoms with van der Waals surface area (Å²) in [6.07, 6.45) is 4.98. The molecule has 0 spiro atoms. The van der Waals surface area contributed by atoms with Crippen molar-refractivity contribution in [1.82, 2.24) is 14.9 Å². The average molecular weight is 256 g/mol. The fraction of sp³-hybridized carbons (Fsp3) is 0.400. The first-order chi connectivity index (χ1) is 9.33.